The molecule has 0 unspecified atom stereocenters. The van der Waals surface area contributed by atoms with Crippen molar-refractivity contribution in [2.24, 2.45) is 5.92 Å². The summed E-state index contributed by atoms with van der Waals surface area (Å²) in [7, 11) is 0. The van der Waals surface area contributed by atoms with Gasteiger partial charge in [-0.25, -0.2) is 15.0 Å². The number of esters is 1. The lowest BCUT2D eigenvalue weighted by Crippen LogP contribution is -2.37. The largest absolute Gasteiger partial charge is 0.466 e. The molecule has 2 aromatic heterocycles. The van der Waals surface area contributed by atoms with Crippen LogP contribution >= 0.6 is 11.3 Å². The summed E-state index contributed by atoms with van der Waals surface area (Å²) in [5, 5.41) is 15.4. The van der Waals surface area contributed by atoms with E-state index in [2.05, 4.69) is 20.3 Å². The smallest absolute Gasteiger partial charge is 0.353 e. The van der Waals surface area contributed by atoms with E-state index in [1.54, 1.807) is 6.92 Å². The molecule has 3 heterocycles. The van der Waals surface area contributed by atoms with E-state index in [1.807, 2.05) is 30.0 Å². The number of hydrogen-bond acceptors (Lipinski definition) is 10. The summed E-state index contributed by atoms with van der Waals surface area (Å²) in [6.45, 7) is 5.07. The van der Waals surface area contributed by atoms with Crippen molar-refractivity contribution < 1.29 is 14.5 Å². The van der Waals surface area contributed by atoms with Gasteiger partial charge in [-0.3, -0.25) is 14.9 Å². The summed E-state index contributed by atoms with van der Waals surface area (Å²) in [6.07, 6.45) is 2.42. The molecule has 1 saturated heterocycles. The molecule has 162 valence electrons. The maximum absolute atomic E-state index is 12.0. The Labute approximate surface area is 182 Å². The van der Waals surface area contributed by atoms with Gasteiger partial charge in [0, 0.05) is 13.1 Å². The Hall–Kier alpha value is -3.34. The molecule has 0 spiro atoms. The molecule has 0 radical (unpaired) electrons. The first kappa shape index (κ1) is 20.9. The van der Waals surface area contributed by atoms with E-state index < -0.39 is 4.92 Å². The van der Waals surface area contributed by atoms with Crippen LogP contribution in [0.4, 0.5) is 22.5 Å². The Morgan fingerprint density at radius 2 is 2.13 bits per heavy atom. The van der Waals surface area contributed by atoms with Crippen LogP contribution < -0.4 is 10.2 Å². The molecule has 0 amide bonds. The highest BCUT2D eigenvalue weighted by Crippen LogP contribution is 2.37. The highest BCUT2D eigenvalue weighted by molar-refractivity contribution is 7.22. The zero-order valence-electron chi connectivity index (χ0n) is 17.2. The molecule has 1 aliphatic heterocycles. The second kappa shape index (κ2) is 8.80. The predicted molar refractivity (Wildman–Crippen MR) is 118 cm³/mol. The molecule has 0 bridgehead atoms. The van der Waals surface area contributed by atoms with Crippen LogP contribution in [0, 0.1) is 23.0 Å². The van der Waals surface area contributed by atoms with Gasteiger partial charge in [-0.15, -0.1) is 0 Å². The minimum Gasteiger partial charge on any atom is -0.466 e. The zero-order chi connectivity index (χ0) is 22.0. The topological polar surface area (TPSA) is 123 Å². The van der Waals surface area contributed by atoms with Crippen molar-refractivity contribution in [1.82, 2.24) is 15.0 Å². The van der Waals surface area contributed by atoms with E-state index in [1.165, 1.54) is 17.7 Å². The highest BCUT2D eigenvalue weighted by Gasteiger charge is 2.32. The van der Waals surface area contributed by atoms with Crippen molar-refractivity contribution in [3.8, 4) is 0 Å². The Morgan fingerprint density at radius 3 is 2.84 bits per heavy atom. The third-order valence-electron chi connectivity index (χ3n) is 5.17. The van der Waals surface area contributed by atoms with Gasteiger partial charge >= 0.3 is 11.7 Å². The Kier molecular flexibility index (Phi) is 5.94. The predicted octanol–water partition coefficient (Wildman–Crippen LogP) is 3.83. The SMILES string of the molecule is CCOC(=O)C1CCN(c2ncnc(Nc3nc4ccc(C)cc4s3)c2[N+](=O)[O-])CC1. The fourth-order valence-corrected chi connectivity index (χ4v) is 4.60. The number of nitrogens with zero attached hydrogens (tertiary/aromatic N) is 5. The summed E-state index contributed by atoms with van der Waals surface area (Å²) in [4.78, 5) is 38.0. The number of fused-ring (bicyclic) bond motifs is 1. The molecule has 0 atom stereocenters. The number of piperidine rings is 1. The number of aromatic nitrogens is 3. The first-order valence-corrected chi connectivity index (χ1v) is 10.8. The molecule has 11 heteroatoms. The lowest BCUT2D eigenvalue weighted by Gasteiger charge is -2.31. The van der Waals surface area contributed by atoms with Crippen LogP contribution in [0.5, 0.6) is 0 Å². The first-order chi connectivity index (χ1) is 15.0. The van der Waals surface area contributed by atoms with E-state index >= 15 is 0 Å². The van der Waals surface area contributed by atoms with Gasteiger partial charge in [0.05, 0.1) is 27.7 Å². The monoisotopic (exact) mass is 442 g/mol. The summed E-state index contributed by atoms with van der Waals surface area (Å²) in [5.41, 5.74) is 1.73. The standard InChI is InChI=1S/C20H22N6O4S/c1-3-30-19(27)13-6-8-25(9-7-13)18-16(26(28)29)17(21-11-22-18)24-20-23-14-5-4-12(2)10-15(14)31-20/h4-5,10-11,13H,3,6-9H2,1-2H3,(H,21,22,23,24). The maximum Gasteiger partial charge on any atom is 0.353 e. The Bertz CT molecular complexity index is 1130. The number of carbonyl (C=O) groups excluding carboxylic acids is 1. The second-order valence-electron chi connectivity index (χ2n) is 7.28. The van der Waals surface area contributed by atoms with Gasteiger partial charge in [0.25, 0.3) is 0 Å². The number of carbonyl (C=O) groups is 1. The van der Waals surface area contributed by atoms with Gasteiger partial charge in [-0.05, 0) is 44.4 Å². The van der Waals surface area contributed by atoms with Crippen molar-refractivity contribution in [2.75, 3.05) is 29.9 Å². The van der Waals surface area contributed by atoms with Crippen LogP contribution in [0.2, 0.25) is 0 Å². The van der Waals surface area contributed by atoms with Crippen LogP contribution in [0.25, 0.3) is 10.2 Å². The number of benzene rings is 1. The van der Waals surface area contributed by atoms with E-state index in [-0.39, 0.29) is 29.2 Å². The average molecular weight is 443 g/mol. The molecule has 0 aliphatic carbocycles. The third-order valence-corrected chi connectivity index (χ3v) is 6.10. The molecular formula is C20H22N6O4S. The van der Waals surface area contributed by atoms with Crippen molar-refractivity contribution in [2.45, 2.75) is 26.7 Å². The van der Waals surface area contributed by atoms with Crippen molar-refractivity contribution in [3.05, 3.63) is 40.2 Å². The Morgan fingerprint density at radius 1 is 1.35 bits per heavy atom. The van der Waals surface area contributed by atoms with Gasteiger partial charge in [-0.2, -0.15) is 0 Å². The highest BCUT2D eigenvalue weighted by atomic mass is 32.1. The van der Waals surface area contributed by atoms with Crippen molar-refractivity contribution in [1.29, 1.82) is 0 Å². The first-order valence-electron chi connectivity index (χ1n) is 10.0. The minimum absolute atomic E-state index is 0.0956. The number of thiazole rings is 1. The van der Waals surface area contributed by atoms with Gasteiger partial charge in [0.15, 0.2) is 5.13 Å². The molecule has 10 nitrogen and oxygen atoms in total. The fraction of sp³-hybridized carbons (Fsp3) is 0.400. The van der Waals surface area contributed by atoms with Crippen LogP contribution in [0.1, 0.15) is 25.3 Å². The van der Waals surface area contributed by atoms with E-state index in [0.29, 0.717) is 37.7 Å². The lowest BCUT2D eigenvalue weighted by molar-refractivity contribution is -0.383. The number of hydrogen-bond donors (Lipinski definition) is 1. The average Bonchev–Trinajstić information content (AvgIpc) is 3.15. The third kappa shape index (κ3) is 4.41. The maximum atomic E-state index is 12.0. The fourth-order valence-electron chi connectivity index (χ4n) is 3.63. The lowest BCUT2D eigenvalue weighted by atomic mass is 9.97. The summed E-state index contributed by atoms with van der Waals surface area (Å²) >= 11 is 1.41. The van der Waals surface area contributed by atoms with Crippen LogP contribution in [-0.4, -0.2) is 45.5 Å². The van der Waals surface area contributed by atoms with Crippen LogP contribution in [-0.2, 0) is 9.53 Å². The summed E-state index contributed by atoms with van der Waals surface area (Å²) in [5.74, 6) is -0.0753. The molecule has 1 N–H and O–H groups in total. The molecule has 4 rings (SSSR count). The summed E-state index contributed by atoms with van der Waals surface area (Å²) in [6, 6.07) is 5.91. The van der Waals surface area contributed by atoms with E-state index in [4.69, 9.17) is 4.74 Å². The number of ether oxygens (including phenoxy) is 1. The molecule has 1 fully saturated rings. The number of nitro groups is 1. The Balaban J connectivity index is 1.58. The van der Waals surface area contributed by atoms with Crippen molar-refractivity contribution >= 4 is 50.0 Å². The molecule has 1 aromatic carbocycles. The minimum atomic E-state index is -0.480. The van der Waals surface area contributed by atoms with Gasteiger partial charge in [0.2, 0.25) is 11.6 Å². The van der Waals surface area contributed by atoms with Gasteiger partial charge in [0.1, 0.15) is 6.33 Å². The van der Waals surface area contributed by atoms with Gasteiger partial charge < -0.3 is 15.0 Å². The zero-order valence-corrected chi connectivity index (χ0v) is 18.0. The quantitative estimate of drug-likeness (QED) is 0.344. The van der Waals surface area contributed by atoms with E-state index in [9.17, 15) is 14.9 Å². The summed E-state index contributed by atoms with van der Waals surface area (Å²) < 4.78 is 6.08. The van der Waals surface area contributed by atoms with Gasteiger partial charge in [-0.1, -0.05) is 17.4 Å². The molecular weight excluding hydrogens is 420 g/mol. The van der Waals surface area contributed by atoms with E-state index in [0.717, 1.165) is 15.8 Å². The van der Waals surface area contributed by atoms with Crippen LogP contribution in [0.3, 0.4) is 0 Å². The molecule has 31 heavy (non-hydrogen) atoms. The number of aryl methyl sites for hydroxylation is 1. The molecule has 3 aromatic rings. The molecule has 1 aliphatic rings. The molecule has 0 saturated carbocycles. The number of anilines is 3. The second-order valence-corrected chi connectivity index (χ2v) is 8.31. The van der Waals surface area contributed by atoms with Crippen LogP contribution in [0.15, 0.2) is 24.5 Å². The normalized spacial score (nSPS) is 14.6. The number of rotatable bonds is 6. The number of nitrogens with one attached hydrogen (secondary N) is 1. The van der Waals surface area contributed by atoms with Crippen molar-refractivity contribution in [3.63, 3.8) is 0 Å².